The minimum absolute atomic E-state index is 0.0453. The summed E-state index contributed by atoms with van der Waals surface area (Å²) in [6.45, 7) is 5.24. The Hall–Kier alpha value is -5.07. The van der Waals surface area contributed by atoms with E-state index in [-0.39, 0.29) is 31.1 Å². The number of nitrogens with zero attached hydrogens (tertiary/aromatic N) is 4. The van der Waals surface area contributed by atoms with Crippen LogP contribution in [0.15, 0.2) is 60.7 Å². The molecule has 0 unspecified atom stereocenters. The zero-order chi connectivity index (χ0) is 34.9. The number of nitrogens with one attached hydrogen (secondary N) is 2. The molecule has 3 aliphatic rings. The minimum Gasteiger partial charge on any atom is -0.479 e. The summed E-state index contributed by atoms with van der Waals surface area (Å²) in [6.07, 6.45) is 6.78. The highest BCUT2D eigenvalue weighted by Gasteiger charge is 2.61. The second-order valence-electron chi connectivity index (χ2n) is 14.2. The van der Waals surface area contributed by atoms with Gasteiger partial charge in [-0.3, -0.25) is 14.4 Å². The molecule has 3 amide bonds. The maximum Gasteiger partial charge on any atom is 0.408 e. The lowest BCUT2D eigenvalue weighted by molar-refractivity contribution is -0.145. The fraction of sp³-hybridized carbons (Fsp3) is 0.472. The van der Waals surface area contributed by atoms with E-state index < -0.39 is 53.1 Å². The highest BCUT2D eigenvalue weighted by Crippen LogP contribution is 2.45. The number of aromatic nitrogens is 3. The number of allylic oxidation sites excluding steroid dienone is 1. The number of hydrogen-bond acceptors (Lipinski definition) is 8. The SMILES string of the molecule is CC(C)(C)OC(=O)N[C@@H]1CCCCC/C=C\[C@@H]2C[C@]2(C(=O)O)NC(=O)[C@@H]2C[C@H](n3nc4ccc(C(=O)c5ccccc5)cc4n3)CN2C1=O. The number of amides is 3. The monoisotopic (exact) mass is 670 g/mol. The Morgan fingerprint density at radius 2 is 1.76 bits per heavy atom. The summed E-state index contributed by atoms with van der Waals surface area (Å²) in [4.78, 5) is 69.5. The molecule has 0 spiro atoms. The Labute approximate surface area is 284 Å². The van der Waals surface area contributed by atoms with Gasteiger partial charge in [0.25, 0.3) is 0 Å². The molecule has 0 radical (unpaired) electrons. The number of carboxylic acid groups (broad SMARTS) is 1. The van der Waals surface area contributed by atoms with E-state index in [1.54, 1.807) is 63.2 Å². The van der Waals surface area contributed by atoms with Gasteiger partial charge >= 0.3 is 12.1 Å². The number of carbonyl (C=O) groups is 5. The minimum atomic E-state index is -1.45. The van der Waals surface area contributed by atoms with Crippen molar-refractivity contribution in [2.24, 2.45) is 5.92 Å². The van der Waals surface area contributed by atoms with Crippen LogP contribution in [0.3, 0.4) is 0 Å². The molecule has 1 aromatic heterocycles. The Morgan fingerprint density at radius 3 is 2.49 bits per heavy atom. The molecule has 258 valence electrons. The molecule has 3 heterocycles. The number of fused-ring (bicyclic) bond motifs is 3. The van der Waals surface area contributed by atoms with Crippen LogP contribution in [-0.4, -0.2) is 84.4 Å². The Bertz CT molecular complexity index is 1800. The van der Waals surface area contributed by atoms with E-state index in [9.17, 15) is 29.1 Å². The molecule has 1 aliphatic carbocycles. The van der Waals surface area contributed by atoms with Gasteiger partial charge in [0.2, 0.25) is 11.8 Å². The predicted octanol–water partition coefficient (Wildman–Crippen LogP) is 4.18. The standard InChI is InChI=1S/C36H42N6O7/c1-35(2,3)49-34(48)37-27-15-11-6-4-5-10-14-24-20-36(24,33(46)47)38-31(44)29-19-25(21-41(29)32(27)45)42-39-26-17-16-23(18-28(26)40-42)30(43)22-12-8-7-9-13-22/h7-10,12-14,16-18,24-25,27,29H,4-6,11,15,19-21H2,1-3H3,(H,37,48)(H,38,44)(H,46,47)/b14-10-/t24-,25+,27-,29+,36+/m1/s1. The summed E-state index contributed by atoms with van der Waals surface area (Å²) >= 11 is 0. The third-order valence-corrected chi connectivity index (χ3v) is 9.35. The van der Waals surface area contributed by atoms with Gasteiger partial charge in [-0.15, -0.1) is 0 Å². The summed E-state index contributed by atoms with van der Waals surface area (Å²) in [5, 5.41) is 24.9. The van der Waals surface area contributed by atoms with Crippen LogP contribution >= 0.6 is 0 Å². The summed E-state index contributed by atoms with van der Waals surface area (Å²) in [5.41, 5.74) is -0.236. The van der Waals surface area contributed by atoms with Crippen LogP contribution in [0.4, 0.5) is 4.79 Å². The highest BCUT2D eigenvalue weighted by atomic mass is 16.6. The highest BCUT2D eigenvalue weighted by molar-refractivity contribution is 6.10. The average Bonchev–Trinajstić information content (AvgIpc) is 3.37. The fourth-order valence-corrected chi connectivity index (χ4v) is 6.69. The van der Waals surface area contributed by atoms with E-state index in [0.29, 0.717) is 35.0 Å². The molecule has 2 fully saturated rings. The van der Waals surface area contributed by atoms with Gasteiger partial charge < -0.3 is 25.4 Å². The van der Waals surface area contributed by atoms with Crippen LogP contribution in [0, 0.1) is 5.92 Å². The van der Waals surface area contributed by atoms with Crippen LogP contribution in [0.25, 0.3) is 11.0 Å². The smallest absolute Gasteiger partial charge is 0.408 e. The van der Waals surface area contributed by atoms with Gasteiger partial charge in [-0.1, -0.05) is 55.3 Å². The number of carboxylic acids is 1. The number of carbonyl (C=O) groups excluding carboxylic acids is 4. The van der Waals surface area contributed by atoms with Crippen LogP contribution in [0.5, 0.6) is 0 Å². The molecule has 49 heavy (non-hydrogen) atoms. The number of ether oxygens (including phenoxy) is 1. The first-order chi connectivity index (χ1) is 23.3. The van der Waals surface area contributed by atoms with Crippen molar-refractivity contribution in [3.05, 3.63) is 71.8 Å². The molecular weight excluding hydrogens is 628 g/mol. The normalized spacial score (nSPS) is 26.8. The third kappa shape index (κ3) is 7.35. The first-order valence-corrected chi connectivity index (χ1v) is 16.8. The molecule has 1 saturated carbocycles. The van der Waals surface area contributed by atoms with Crippen LogP contribution < -0.4 is 10.6 Å². The molecule has 3 N–H and O–H groups in total. The van der Waals surface area contributed by atoms with E-state index in [0.717, 1.165) is 19.3 Å². The van der Waals surface area contributed by atoms with Crippen molar-refractivity contribution in [3.8, 4) is 0 Å². The molecule has 6 rings (SSSR count). The van der Waals surface area contributed by atoms with Gasteiger partial charge in [0.15, 0.2) is 5.78 Å². The van der Waals surface area contributed by atoms with Crippen molar-refractivity contribution in [2.75, 3.05) is 6.54 Å². The van der Waals surface area contributed by atoms with Crippen molar-refractivity contribution in [1.29, 1.82) is 0 Å². The molecule has 0 bridgehead atoms. The van der Waals surface area contributed by atoms with Crippen molar-refractivity contribution < 1.29 is 33.8 Å². The zero-order valence-corrected chi connectivity index (χ0v) is 27.9. The molecule has 13 nitrogen and oxygen atoms in total. The number of rotatable bonds is 5. The number of ketones is 1. The maximum absolute atomic E-state index is 14.3. The first kappa shape index (κ1) is 33.8. The van der Waals surface area contributed by atoms with Gasteiger partial charge in [0.05, 0.1) is 6.04 Å². The van der Waals surface area contributed by atoms with Crippen LogP contribution in [0.2, 0.25) is 0 Å². The van der Waals surface area contributed by atoms with Gasteiger partial charge in [-0.2, -0.15) is 15.0 Å². The van der Waals surface area contributed by atoms with Crippen molar-refractivity contribution in [3.63, 3.8) is 0 Å². The second kappa shape index (κ2) is 13.4. The van der Waals surface area contributed by atoms with Gasteiger partial charge in [0.1, 0.15) is 34.3 Å². The molecule has 13 heteroatoms. The molecule has 5 atom stereocenters. The molecule has 2 aromatic carbocycles. The van der Waals surface area contributed by atoms with Gasteiger partial charge in [-0.25, -0.2) is 9.59 Å². The number of hydrogen-bond donors (Lipinski definition) is 3. The van der Waals surface area contributed by atoms with Crippen LogP contribution in [-0.2, 0) is 19.1 Å². The van der Waals surface area contributed by atoms with E-state index in [1.807, 2.05) is 18.2 Å². The van der Waals surface area contributed by atoms with Gasteiger partial charge in [-0.05, 0) is 64.7 Å². The number of alkyl carbamates (subject to hydrolysis) is 1. The lowest BCUT2D eigenvalue weighted by atomic mass is 10.0. The summed E-state index contributed by atoms with van der Waals surface area (Å²) in [6, 6.07) is 11.4. The zero-order valence-electron chi connectivity index (χ0n) is 27.9. The van der Waals surface area contributed by atoms with E-state index in [1.165, 1.54) is 9.70 Å². The Kier molecular flexibility index (Phi) is 9.28. The number of benzene rings is 2. The summed E-state index contributed by atoms with van der Waals surface area (Å²) in [7, 11) is 0. The maximum atomic E-state index is 14.3. The molecule has 2 aliphatic heterocycles. The molecule has 3 aromatic rings. The fourth-order valence-electron chi connectivity index (χ4n) is 6.69. The molecular formula is C36H42N6O7. The lowest BCUT2D eigenvalue weighted by Gasteiger charge is -2.30. The lowest BCUT2D eigenvalue weighted by Crippen LogP contribution is -2.56. The largest absolute Gasteiger partial charge is 0.479 e. The first-order valence-electron chi connectivity index (χ1n) is 16.8. The third-order valence-electron chi connectivity index (χ3n) is 9.35. The van der Waals surface area contributed by atoms with Crippen LogP contribution in [0.1, 0.15) is 87.7 Å². The average molecular weight is 671 g/mol. The van der Waals surface area contributed by atoms with E-state index in [4.69, 9.17) is 4.74 Å². The second-order valence-corrected chi connectivity index (χ2v) is 14.2. The number of aliphatic carboxylic acids is 1. The Morgan fingerprint density at radius 1 is 1.00 bits per heavy atom. The summed E-state index contributed by atoms with van der Waals surface area (Å²) in [5.74, 6) is -2.70. The summed E-state index contributed by atoms with van der Waals surface area (Å²) < 4.78 is 5.46. The van der Waals surface area contributed by atoms with Crippen molar-refractivity contribution >= 4 is 40.7 Å². The van der Waals surface area contributed by atoms with Gasteiger partial charge in [0, 0.05) is 30.0 Å². The van der Waals surface area contributed by atoms with E-state index >= 15 is 0 Å². The molecule has 1 saturated heterocycles. The predicted molar refractivity (Wildman–Crippen MR) is 179 cm³/mol. The quantitative estimate of drug-likeness (QED) is 0.266. The topological polar surface area (TPSA) is 173 Å². The van der Waals surface area contributed by atoms with Crippen molar-refractivity contribution in [2.45, 2.75) is 95.0 Å². The van der Waals surface area contributed by atoms with Crippen molar-refractivity contribution in [1.82, 2.24) is 30.5 Å². The van der Waals surface area contributed by atoms with E-state index in [2.05, 4.69) is 20.8 Å². The Balaban J connectivity index is 1.30.